The SMILES string of the molecule is Cc1cc(C#N)cc2ccoc12. The summed E-state index contributed by atoms with van der Waals surface area (Å²) in [6.45, 7) is 1.94. The molecule has 0 saturated carbocycles. The van der Waals surface area contributed by atoms with Gasteiger partial charge in [-0.25, -0.2) is 0 Å². The molecule has 2 rings (SSSR count). The molecule has 1 aromatic carbocycles. The minimum atomic E-state index is 0.682. The normalized spacial score (nSPS) is 10.0. The van der Waals surface area contributed by atoms with Crippen molar-refractivity contribution in [2.24, 2.45) is 0 Å². The van der Waals surface area contributed by atoms with Gasteiger partial charge in [-0.1, -0.05) is 0 Å². The van der Waals surface area contributed by atoms with Crippen LogP contribution in [-0.4, -0.2) is 0 Å². The van der Waals surface area contributed by atoms with Crippen LogP contribution in [0.5, 0.6) is 0 Å². The lowest BCUT2D eigenvalue weighted by Gasteiger charge is -1.94. The van der Waals surface area contributed by atoms with Crippen molar-refractivity contribution in [3.05, 3.63) is 35.6 Å². The standard InChI is InChI=1S/C10H7NO/c1-7-4-8(6-11)5-9-2-3-12-10(7)9/h2-5H,1H3. The van der Waals surface area contributed by atoms with E-state index < -0.39 is 0 Å². The first-order valence-corrected chi connectivity index (χ1v) is 3.69. The number of nitrogens with zero attached hydrogens (tertiary/aromatic N) is 1. The molecular formula is C10H7NO. The van der Waals surface area contributed by atoms with Gasteiger partial charge in [0.2, 0.25) is 0 Å². The highest BCUT2D eigenvalue weighted by molar-refractivity contribution is 5.81. The van der Waals surface area contributed by atoms with Gasteiger partial charge in [-0.3, -0.25) is 0 Å². The second-order valence-corrected chi connectivity index (χ2v) is 2.74. The summed E-state index contributed by atoms with van der Waals surface area (Å²) < 4.78 is 5.24. The van der Waals surface area contributed by atoms with Gasteiger partial charge in [0.15, 0.2) is 0 Å². The molecule has 0 bridgehead atoms. The molecule has 2 aromatic rings. The van der Waals surface area contributed by atoms with Crippen molar-refractivity contribution >= 4 is 11.0 Å². The monoisotopic (exact) mass is 157 g/mol. The van der Waals surface area contributed by atoms with E-state index >= 15 is 0 Å². The average molecular weight is 157 g/mol. The van der Waals surface area contributed by atoms with Crippen LogP contribution in [0.15, 0.2) is 28.9 Å². The molecule has 0 radical (unpaired) electrons. The lowest BCUT2D eigenvalue weighted by atomic mass is 10.1. The third kappa shape index (κ3) is 0.876. The Kier molecular flexibility index (Phi) is 1.38. The average Bonchev–Trinajstić information content (AvgIpc) is 2.52. The number of aryl methyl sites for hydroxylation is 1. The van der Waals surface area contributed by atoms with Crippen LogP contribution in [-0.2, 0) is 0 Å². The Balaban J connectivity index is 2.86. The van der Waals surface area contributed by atoms with E-state index in [0.717, 1.165) is 16.5 Å². The van der Waals surface area contributed by atoms with Crippen molar-refractivity contribution in [3.8, 4) is 6.07 Å². The summed E-state index contributed by atoms with van der Waals surface area (Å²) in [6, 6.07) is 7.62. The quantitative estimate of drug-likeness (QED) is 0.589. The van der Waals surface area contributed by atoms with Crippen molar-refractivity contribution in [1.82, 2.24) is 0 Å². The minimum absolute atomic E-state index is 0.682. The molecule has 0 N–H and O–H groups in total. The number of fused-ring (bicyclic) bond motifs is 1. The van der Waals surface area contributed by atoms with Crippen LogP contribution in [0.25, 0.3) is 11.0 Å². The van der Waals surface area contributed by atoms with Gasteiger partial charge in [0.1, 0.15) is 5.58 Å². The number of hydrogen-bond donors (Lipinski definition) is 0. The van der Waals surface area contributed by atoms with Crippen molar-refractivity contribution < 1.29 is 4.42 Å². The molecule has 0 aliphatic carbocycles. The van der Waals surface area contributed by atoms with E-state index in [2.05, 4.69) is 6.07 Å². The fourth-order valence-electron chi connectivity index (χ4n) is 1.33. The first-order chi connectivity index (χ1) is 5.81. The van der Waals surface area contributed by atoms with E-state index in [-0.39, 0.29) is 0 Å². The van der Waals surface area contributed by atoms with Crippen LogP contribution in [0.1, 0.15) is 11.1 Å². The molecule has 58 valence electrons. The second-order valence-electron chi connectivity index (χ2n) is 2.74. The highest BCUT2D eigenvalue weighted by Crippen LogP contribution is 2.20. The Hall–Kier alpha value is -1.75. The Morgan fingerprint density at radius 3 is 3.00 bits per heavy atom. The van der Waals surface area contributed by atoms with Crippen molar-refractivity contribution in [2.75, 3.05) is 0 Å². The van der Waals surface area contributed by atoms with Gasteiger partial charge in [0.05, 0.1) is 17.9 Å². The molecule has 12 heavy (non-hydrogen) atoms. The van der Waals surface area contributed by atoms with Gasteiger partial charge in [0, 0.05) is 5.39 Å². The highest BCUT2D eigenvalue weighted by atomic mass is 16.3. The molecular weight excluding hydrogens is 150 g/mol. The zero-order valence-electron chi connectivity index (χ0n) is 6.66. The minimum Gasteiger partial charge on any atom is -0.464 e. The van der Waals surface area contributed by atoms with Gasteiger partial charge in [-0.2, -0.15) is 5.26 Å². The van der Waals surface area contributed by atoms with Gasteiger partial charge >= 0.3 is 0 Å². The summed E-state index contributed by atoms with van der Waals surface area (Å²) in [5.74, 6) is 0. The molecule has 0 aliphatic rings. The number of nitriles is 1. The smallest absolute Gasteiger partial charge is 0.136 e. The zero-order valence-corrected chi connectivity index (χ0v) is 6.66. The van der Waals surface area contributed by atoms with Crippen LogP contribution in [0.3, 0.4) is 0 Å². The maximum Gasteiger partial charge on any atom is 0.136 e. The molecule has 0 unspecified atom stereocenters. The Bertz CT molecular complexity index is 462. The molecule has 0 atom stereocenters. The second kappa shape index (κ2) is 2.38. The number of furan rings is 1. The van der Waals surface area contributed by atoms with E-state index in [1.807, 2.05) is 25.1 Å². The molecule has 0 spiro atoms. The zero-order chi connectivity index (χ0) is 8.55. The summed E-state index contributed by atoms with van der Waals surface area (Å²) in [4.78, 5) is 0. The maximum absolute atomic E-state index is 8.68. The van der Waals surface area contributed by atoms with E-state index in [1.54, 1.807) is 6.26 Å². The number of benzene rings is 1. The lowest BCUT2D eigenvalue weighted by Crippen LogP contribution is -1.77. The predicted octanol–water partition coefficient (Wildman–Crippen LogP) is 2.61. The van der Waals surface area contributed by atoms with Crippen LogP contribution >= 0.6 is 0 Å². The van der Waals surface area contributed by atoms with Gasteiger partial charge in [-0.05, 0) is 30.7 Å². The van der Waals surface area contributed by atoms with Crippen molar-refractivity contribution in [2.45, 2.75) is 6.92 Å². The van der Waals surface area contributed by atoms with Crippen LogP contribution < -0.4 is 0 Å². The summed E-state index contributed by atoms with van der Waals surface area (Å²) in [5.41, 5.74) is 2.56. The van der Waals surface area contributed by atoms with Crippen LogP contribution in [0, 0.1) is 18.3 Å². The van der Waals surface area contributed by atoms with Gasteiger partial charge in [-0.15, -0.1) is 0 Å². The van der Waals surface area contributed by atoms with Gasteiger partial charge in [0.25, 0.3) is 0 Å². The third-order valence-corrected chi connectivity index (χ3v) is 1.87. The summed E-state index contributed by atoms with van der Waals surface area (Å²) in [5, 5.41) is 9.67. The number of rotatable bonds is 0. The molecule has 0 fully saturated rings. The van der Waals surface area contributed by atoms with E-state index in [1.165, 1.54) is 0 Å². The molecule has 2 heteroatoms. The predicted molar refractivity (Wildman–Crippen MR) is 45.7 cm³/mol. The highest BCUT2D eigenvalue weighted by Gasteiger charge is 2.02. The topological polar surface area (TPSA) is 36.9 Å². The number of hydrogen-bond acceptors (Lipinski definition) is 2. The molecule has 0 saturated heterocycles. The van der Waals surface area contributed by atoms with Crippen LogP contribution in [0.4, 0.5) is 0 Å². The fourth-order valence-corrected chi connectivity index (χ4v) is 1.33. The largest absolute Gasteiger partial charge is 0.464 e. The maximum atomic E-state index is 8.68. The molecule has 1 aromatic heterocycles. The summed E-state index contributed by atoms with van der Waals surface area (Å²) in [6.07, 6.45) is 1.64. The first-order valence-electron chi connectivity index (χ1n) is 3.69. The Morgan fingerprint density at radius 1 is 1.42 bits per heavy atom. The van der Waals surface area contributed by atoms with Crippen LogP contribution in [0.2, 0.25) is 0 Å². The first kappa shape index (κ1) is 6.93. The molecule has 0 amide bonds. The summed E-state index contributed by atoms with van der Waals surface area (Å²) >= 11 is 0. The van der Waals surface area contributed by atoms with Crippen molar-refractivity contribution in [3.63, 3.8) is 0 Å². The Labute approximate surface area is 70.0 Å². The van der Waals surface area contributed by atoms with E-state index in [0.29, 0.717) is 5.56 Å². The molecule has 2 nitrogen and oxygen atoms in total. The third-order valence-electron chi connectivity index (χ3n) is 1.87. The lowest BCUT2D eigenvalue weighted by molar-refractivity contribution is 0.613. The fraction of sp³-hybridized carbons (Fsp3) is 0.100. The Morgan fingerprint density at radius 2 is 2.25 bits per heavy atom. The molecule has 1 heterocycles. The summed E-state index contributed by atoms with van der Waals surface area (Å²) in [7, 11) is 0. The molecule has 0 aliphatic heterocycles. The van der Waals surface area contributed by atoms with Gasteiger partial charge < -0.3 is 4.42 Å². The van der Waals surface area contributed by atoms with Crippen molar-refractivity contribution in [1.29, 1.82) is 5.26 Å². The van der Waals surface area contributed by atoms with E-state index in [4.69, 9.17) is 9.68 Å². The van der Waals surface area contributed by atoms with E-state index in [9.17, 15) is 0 Å².